The second-order valence-electron chi connectivity index (χ2n) is 3.93. The number of hydrogen-bond donors (Lipinski definition) is 1. The monoisotopic (exact) mass is 314 g/mol. The summed E-state index contributed by atoms with van der Waals surface area (Å²) in [7, 11) is 0. The smallest absolute Gasteiger partial charge is 0.377 e. The van der Waals surface area contributed by atoms with E-state index in [1.807, 2.05) is 0 Å². The fourth-order valence-corrected chi connectivity index (χ4v) is 1.10. The van der Waals surface area contributed by atoms with Crippen LogP contribution in [-0.2, 0) is 4.79 Å². The molecule has 0 spiro atoms. The number of alkyl halides is 8. The number of allylic oxidation sites excluding steroid dienone is 1. The Kier molecular flexibility index (Phi) is 5.56. The van der Waals surface area contributed by atoms with Crippen molar-refractivity contribution in [3.63, 3.8) is 0 Å². The first kappa shape index (κ1) is 18.7. The van der Waals surface area contributed by atoms with Crippen LogP contribution in [0.3, 0.4) is 0 Å². The van der Waals surface area contributed by atoms with Gasteiger partial charge in [-0.25, -0.2) is 13.6 Å². The molecule has 118 valence electrons. The van der Waals surface area contributed by atoms with Gasteiger partial charge in [-0.2, -0.15) is 26.3 Å². The molecule has 0 unspecified atom stereocenters. The van der Waals surface area contributed by atoms with Crippen LogP contribution in [0.25, 0.3) is 0 Å². The van der Waals surface area contributed by atoms with Gasteiger partial charge in [0.2, 0.25) is 0 Å². The summed E-state index contributed by atoms with van der Waals surface area (Å²) in [6.45, 7) is 0.965. The van der Waals surface area contributed by atoms with Crippen molar-refractivity contribution in [2.45, 2.75) is 44.0 Å². The number of hydrogen-bond acceptors (Lipinski definition) is 1. The molecule has 0 aromatic rings. The van der Waals surface area contributed by atoms with Crippen molar-refractivity contribution in [3.8, 4) is 0 Å². The van der Waals surface area contributed by atoms with E-state index in [-0.39, 0.29) is 0 Å². The highest BCUT2D eigenvalue weighted by Gasteiger charge is 2.74. The maximum absolute atomic E-state index is 13.0. The minimum absolute atomic E-state index is 0.468. The Hall–Kier alpha value is -1.35. The highest BCUT2D eigenvalue weighted by molar-refractivity contribution is 5.85. The van der Waals surface area contributed by atoms with Crippen molar-refractivity contribution in [2.24, 2.45) is 0 Å². The quantitative estimate of drug-likeness (QED) is 0.570. The topological polar surface area (TPSA) is 37.3 Å². The lowest BCUT2D eigenvalue weighted by Crippen LogP contribution is -2.57. The van der Waals surface area contributed by atoms with Gasteiger partial charge in [0, 0.05) is 12.0 Å². The van der Waals surface area contributed by atoms with Gasteiger partial charge in [-0.1, -0.05) is 6.08 Å². The average Bonchev–Trinajstić information content (AvgIpc) is 2.27. The Morgan fingerprint density at radius 2 is 1.60 bits per heavy atom. The molecular weight excluding hydrogens is 304 g/mol. The highest BCUT2D eigenvalue weighted by atomic mass is 19.4. The van der Waals surface area contributed by atoms with Gasteiger partial charge in [-0.15, -0.1) is 0 Å². The Morgan fingerprint density at radius 1 is 1.15 bits per heavy atom. The minimum Gasteiger partial charge on any atom is -0.478 e. The summed E-state index contributed by atoms with van der Waals surface area (Å²) in [5.41, 5.74) is -0.468. The van der Waals surface area contributed by atoms with Gasteiger partial charge in [0.15, 0.2) is 0 Å². The second-order valence-corrected chi connectivity index (χ2v) is 3.93. The fourth-order valence-electron chi connectivity index (χ4n) is 1.10. The van der Waals surface area contributed by atoms with Crippen LogP contribution in [-0.4, -0.2) is 35.3 Å². The lowest BCUT2D eigenvalue weighted by molar-refractivity contribution is -0.339. The van der Waals surface area contributed by atoms with E-state index in [2.05, 4.69) is 0 Å². The first-order valence-corrected chi connectivity index (χ1v) is 5.09. The third-order valence-corrected chi connectivity index (χ3v) is 2.40. The molecule has 20 heavy (non-hydrogen) atoms. The van der Waals surface area contributed by atoms with E-state index < -0.39 is 48.6 Å². The molecule has 2 nitrogen and oxygen atoms in total. The molecule has 0 aliphatic carbocycles. The lowest BCUT2D eigenvalue weighted by Gasteiger charge is -2.32. The summed E-state index contributed by atoms with van der Waals surface area (Å²) >= 11 is 0. The third-order valence-electron chi connectivity index (χ3n) is 2.40. The molecule has 0 saturated carbocycles. The number of carboxylic acid groups (broad SMARTS) is 1. The second kappa shape index (κ2) is 5.96. The largest absolute Gasteiger partial charge is 0.478 e. The SMILES string of the molecule is CC(=CCCC(F)(F)C(F)(F)C(F)(F)C(F)F)C(=O)O. The normalized spacial score (nSPS) is 14.8. The molecule has 0 amide bonds. The van der Waals surface area contributed by atoms with Gasteiger partial charge in [0.25, 0.3) is 0 Å². The third kappa shape index (κ3) is 3.60. The van der Waals surface area contributed by atoms with E-state index in [0.717, 1.165) is 6.92 Å². The lowest BCUT2D eigenvalue weighted by atomic mass is 9.99. The molecule has 1 N–H and O–H groups in total. The first-order chi connectivity index (χ1) is 8.77. The first-order valence-electron chi connectivity index (χ1n) is 5.09. The van der Waals surface area contributed by atoms with Gasteiger partial charge in [0.05, 0.1) is 0 Å². The summed E-state index contributed by atoms with van der Waals surface area (Å²) in [6.07, 6.45) is -7.24. The molecule has 0 saturated heterocycles. The number of aliphatic carboxylic acids is 1. The maximum Gasteiger partial charge on any atom is 0.377 e. The van der Waals surface area contributed by atoms with E-state index in [0.29, 0.717) is 6.08 Å². The van der Waals surface area contributed by atoms with Crippen LogP contribution in [0, 0.1) is 0 Å². The number of carbonyl (C=O) groups is 1. The molecule has 0 aromatic carbocycles. The van der Waals surface area contributed by atoms with E-state index in [1.54, 1.807) is 0 Å². The van der Waals surface area contributed by atoms with E-state index in [9.17, 15) is 39.9 Å². The number of halogens is 8. The predicted octanol–water partition coefficient (Wildman–Crippen LogP) is 3.97. The number of rotatable bonds is 7. The van der Waals surface area contributed by atoms with Crippen LogP contribution >= 0.6 is 0 Å². The molecule has 0 aromatic heterocycles. The molecular formula is C10H10F8O2. The molecule has 0 fully saturated rings. The highest BCUT2D eigenvalue weighted by Crippen LogP contribution is 2.50. The van der Waals surface area contributed by atoms with Crippen molar-refractivity contribution in [3.05, 3.63) is 11.6 Å². The average molecular weight is 314 g/mol. The van der Waals surface area contributed by atoms with Gasteiger partial charge in [-0.05, 0) is 13.3 Å². The summed E-state index contributed by atoms with van der Waals surface area (Å²) in [6, 6.07) is 0. The van der Waals surface area contributed by atoms with E-state index in [4.69, 9.17) is 5.11 Å². The van der Waals surface area contributed by atoms with Crippen molar-refractivity contribution in [1.29, 1.82) is 0 Å². The molecule has 0 rings (SSSR count). The van der Waals surface area contributed by atoms with Crippen LogP contribution in [0.5, 0.6) is 0 Å². The maximum atomic E-state index is 13.0. The van der Waals surface area contributed by atoms with Crippen LogP contribution in [0.2, 0.25) is 0 Å². The Labute approximate surface area is 108 Å². The van der Waals surface area contributed by atoms with Crippen molar-refractivity contribution in [1.82, 2.24) is 0 Å². The van der Waals surface area contributed by atoms with Crippen molar-refractivity contribution >= 4 is 5.97 Å². The van der Waals surface area contributed by atoms with Gasteiger partial charge in [-0.3, -0.25) is 0 Å². The summed E-state index contributed by atoms with van der Waals surface area (Å²) in [4.78, 5) is 10.3. The minimum atomic E-state index is -6.25. The van der Waals surface area contributed by atoms with Crippen molar-refractivity contribution < 1.29 is 45.0 Å². The van der Waals surface area contributed by atoms with Crippen LogP contribution in [0.4, 0.5) is 35.1 Å². The van der Waals surface area contributed by atoms with Gasteiger partial charge < -0.3 is 5.11 Å². The summed E-state index contributed by atoms with van der Waals surface area (Å²) in [5.74, 6) is -19.4. The van der Waals surface area contributed by atoms with Crippen LogP contribution < -0.4 is 0 Å². The zero-order valence-electron chi connectivity index (χ0n) is 9.95. The standard InChI is InChI=1S/C10H10F8O2/c1-5(6(19)20)3-2-4-8(13,14)10(17,18)9(15,16)7(11)12/h3,7H,2,4H2,1H3,(H,19,20). The van der Waals surface area contributed by atoms with E-state index >= 15 is 0 Å². The molecule has 0 bridgehead atoms. The van der Waals surface area contributed by atoms with Crippen LogP contribution in [0.15, 0.2) is 11.6 Å². The number of carboxylic acids is 1. The van der Waals surface area contributed by atoms with Crippen molar-refractivity contribution in [2.75, 3.05) is 0 Å². The molecule has 10 heteroatoms. The molecule has 0 aliphatic rings. The Morgan fingerprint density at radius 3 is 1.95 bits per heavy atom. The summed E-state index contributed by atoms with van der Waals surface area (Å²) < 4.78 is 99.9. The summed E-state index contributed by atoms with van der Waals surface area (Å²) in [5, 5.41) is 8.35. The van der Waals surface area contributed by atoms with E-state index in [1.165, 1.54) is 0 Å². The van der Waals surface area contributed by atoms with Gasteiger partial charge in [0.1, 0.15) is 0 Å². The Bertz CT molecular complexity index is 389. The molecule has 0 atom stereocenters. The molecule has 0 radical (unpaired) electrons. The zero-order valence-corrected chi connectivity index (χ0v) is 9.95. The predicted molar refractivity (Wildman–Crippen MR) is 51.5 cm³/mol. The Balaban J connectivity index is 5.05. The zero-order chi connectivity index (χ0) is 16.4. The molecule has 0 heterocycles. The van der Waals surface area contributed by atoms with Crippen LogP contribution in [0.1, 0.15) is 19.8 Å². The fraction of sp³-hybridized carbons (Fsp3) is 0.700. The molecule has 0 aliphatic heterocycles. The van der Waals surface area contributed by atoms with Gasteiger partial charge >= 0.3 is 30.2 Å².